The molecule has 0 saturated carbocycles. The van der Waals surface area contributed by atoms with Crippen LogP contribution in [0.4, 0.5) is 4.39 Å². The number of hydrogen-bond acceptors (Lipinski definition) is 1. The first-order valence-electron chi connectivity index (χ1n) is 4.76. The lowest BCUT2D eigenvalue weighted by atomic mass is 9.92. The standard InChI is InChI=1S/C11H15BrFN/c1-3-11(14)7(2)9-5-4-8(13)6-10(9)12/h4-7,11H,3,14H2,1-2H3. The Morgan fingerprint density at radius 1 is 1.50 bits per heavy atom. The molecule has 2 atom stereocenters. The summed E-state index contributed by atoms with van der Waals surface area (Å²) in [6.45, 7) is 4.12. The summed E-state index contributed by atoms with van der Waals surface area (Å²) in [5.41, 5.74) is 7.01. The minimum Gasteiger partial charge on any atom is -0.327 e. The topological polar surface area (TPSA) is 26.0 Å². The van der Waals surface area contributed by atoms with Gasteiger partial charge in [0.25, 0.3) is 0 Å². The Hall–Kier alpha value is -0.410. The maximum Gasteiger partial charge on any atom is 0.124 e. The zero-order valence-corrected chi connectivity index (χ0v) is 10.0. The molecule has 0 radical (unpaired) electrons. The Balaban J connectivity index is 2.95. The fourth-order valence-electron chi connectivity index (χ4n) is 1.45. The summed E-state index contributed by atoms with van der Waals surface area (Å²) < 4.78 is 13.6. The molecule has 0 heterocycles. The predicted molar refractivity (Wildman–Crippen MR) is 60.8 cm³/mol. The van der Waals surface area contributed by atoms with Crippen molar-refractivity contribution in [3.8, 4) is 0 Å². The van der Waals surface area contributed by atoms with Gasteiger partial charge in [0.2, 0.25) is 0 Å². The molecule has 0 bridgehead atoms. The van der Waals surface area contributed by atoms with Crippen LogP contribution in [0.15, 0.2) is 22.7 Å². The van der Waals surface area contributed by atoms with Gasteiger partial charge in [-0.15, -0.1) is 0 Å². The first-order chi connectivity index (χ1) is 6.56. The highest BCUT2D eigenvalue weighted by Crippen LogP contribution is 2.28. The van der Waals surface area contributed by atoms with E-state index in [0.717, 1.165) is 16.5 Å². The molecule has 78 valence electrons. The van der Waals surface area contributed by atoms with Crippen LogP contribution in [0.1, 0.15) is 31.7 Å². The molecule has 0 aliphatic rings. The molecule has 0 fully saturated rings. The van der Waals surface area contributed by atoms with Crippen LogP contribution in [0.3, 0.4) is 0 Å². The van der Waals surface area contributed by atoms with Gasteiger partial charge in [-0.3, -0.25) is 0 Å². The van der Waals surface area contributed by atoms with Crippen molar-refractivity contribution in [3.63, 3.8) is 0 Å². The first kappa shape index (κ1) is 11.7. The van der Waals surface area contributed by atoms with Crippen LogP contribution in [0, 0.1) is 5.82 Å². The largest absolute Gasteiger partial charge is 0.327 e. The van der Waals surface area contributed by atoms with Gasteiger partial charge in [-0.1, -0.05) is 35.8 Å². The SMILES string of the molecule is CCC(N)C(C)c1ccc(F)cc1Br. The van der Waals surface area contributed by atoms with E-state index in [0.29, 0.717) is 0 Å². The fourth-order valence-corrected chi connectivity index (χ4v) is 2.17. The Morgan fingerprint density at radius 3 is 2.64 bits per heavy atom. The van der Waals surface area contributed by atoms with Crippen molar-refractivity contribution >= 4 is 15.9 Å². The van der Waals surface area contributed by atoms with Gasteiger partial charge in [-0.05, 0) is 30.0 Å². The number of rotatable bonds is 3. The van der Waals surface area contributed by atoms with Crippen LogP contribution in [0.25, 0.3) is 0 Å². The maximum atomic E-state index is 12.8. The molecule has 1 aromatic rings. The summed E-state index contributed by atoms with van der Waals surface area (Å²) >= 11 is 3.35. The molecule has 14 heavy (non-hydrogen) atoms. The van der Waals surface area contributed by atoms with Crippen molar-refractivity contribution in [1.29, 1.82) is 0 Å². The smallest absolute Gasteiger partial charge is 0.124 e. The average Bonchev–Trinajstić information content (AvgIpc) is 2.15. The van der Waals surface area contributed by atoms with Crippen LogP contribution in [0.5, 0.6) is 0 Å². The van der Waals surface area contributed by atoms with Crippen molar-refractivity contribution in [3.05, 3.63) is 34.1 Å². The monoisotopic (exact) mass is 259 g/mol. The van der Waals surface area contributed by atoms with Crippen molar-refractivity contribution in [1.82, 2.24) is 0 Å². The molecule has 0 amide bonds. The second-order valence-electron chi connectivity index (χ2n) is 3.53. The molecule has 2 unspecified atom stereocenters. The number of halogens is 2. The van der Waals surface area contributed by atoms with Crippen molar-refractivity contribution in [2.75, 3.05) is 0 Å². The molecular weight excluding hydrogens is 245 g/mol. The molecule has 1 rings (SSSR count). The zero-order chi connectivity index (χ0) is 10.7. The summed E-state index contributed by atoms with van der Waals surface area (Å²) in [4.78, 5) is 0. The van der Waals surface area contributed by atoms with Crippen molar-refractivity contribution in [2.45, 2.75) is 32.2 Å². The van der Waals surface area contributed by atoms with Crippen LogP contribution >= 0.6 is 15.9 Å². The first-order valence-corrected chi connectivity index (χ1v) is 5.56. The third-order valence-electron chi connectivity index (χ3n) is 2.57. The molecular formula is C11H15BrFN. The second kappa shape index (κ2) is 4.89. The molecule has 0 aliphatic heterocycles. The highest BCUT2D eigenvalue weighted by molar-refractivity contribution is 9.10. The van der Waals surface area contributed by atoms with E-state index in [1.165, 1.54) is 12.1 Å². The van der Waals surface area contributed by atoms with E-state index in [9.17, 15) is 4.39 Å². The maximum absolute atomic E-state index is 12.8. The van der Waals surface area contributed by atoms with Crippen LogP contribution < -0.4 is 5.73 Å². The summed E-state index contributed by atoms with van der Waals surface area (Å²) in [7, 11) is 0. The zero-order valence-electron chi connectivity index (χ0n) is 8.43. The highest BCUT2D eigenvalue weighted by Gasteiger charge is 2.15. The lowest BCUT2D eigenvalue weighted by molar-refractivity contribution is 0.547. The third kappa shape index (κ3) is 2.55. The van der Waals surface area contributed by atoms with E-state index in [4.69, 9.17) is 5.73 Å². The van der Waals surface area contributed by atoms with E-state index in [1.807, 2.05) is 0 Å². The molecule has 1 aromatic carbocycles. The lowest BCUT2D eigenvalue weighted by Gasteiger charge is -2.19. The van der Waals surface area contributed by atoms with Gasteiger partial charge in [-0.2, -0.15) is 0 Å². The van der Waals surface area contributed by atoms with E-state index in [1.54, 1.807) is 6.07 Å². The number of nitrogens with two attached hydrogens (primary N) is 1. The van der Waals surface area contributed by atoms with Crippen molar-refractivity contribution < 1.29 is 4.39 Å². The normalized spacial score (nSPS) is 15.2. The summed E-state index contributed by atoms with van der Waals surface area (Å²) in [6, 6.07) is 4.86. The van der Waals surface area contributed by atoms with Crippen LogP contribution in [0.2, 0.25) is 0 Å². The van der Waals surface area contributed by atoms with Crippen molar-refractivity contribution in [2.24, 2.45) is 5.73 Å². The van der Waals surface area contributed by atoms with Gasteiger partial charge >= 0.3 is 0 Å². The summed E-state index contributed by atoms with van der Waals surface area (Å²) in [5, 5.41) is 0. The minimum atomic E-state index is -0.224. The number of hydrogen-bond donors (Lipinski definition) is 1. The molecule has 0 saturated heterocycles. The van der Waals surface area contributed by atoms with E-state index in [2.05, 4.69) is 29.8 Å². The third-order valence-corrected chi connectivity index (χ3v) is 3.25. The Kier molecular flexibility index (Phi) is 4.08. The Labute approximate surface area is 92.6 Å². The second-order valence-corrected chi connectivity index (χ2v) is 4.38. The van der Waals surface area contributed by atoms with Gasteiger partial charge in [0.15, 0.2) is 0 Å². The van der Waals surface area contributed by atoms with Gasteiger partial charge in [0, 0.05) is 10.5 Å². The van der Waals surface area contributed by atoms with Gasteiger partial charge in [-0.25, -0.2) is 4.39 Å². The van der Waals surface area contributed by atoms with Gasteiger partial charge in [0.05, 0.1) is 0 Å². The molecule has 0 aromatic heterocycles. The van der Waals surface area contributed by atoms with E-state index >= 15 is 0 Å². The Bertz CT molecular complexity index is 314. The van der Waals surface area contributed by atoms with Gasteiger partial charge < -0.3 is 5.73 Å². The summed E-state index contributed by atoms with van der Waals surface area (Å²) in [5.74, 6) is 0.0212. The lowest BCUT2D eigenvalue weighted by Crippen LogP contribution is -2.25. The highest BCUT2D eigenvalue weighted by atomic mass is 79.9. The molecule has 0 aliphatic carbocycles. The molecule has 3 heteroatoms. The fraction of sp³-hybridized carbons (Fsp3) is 0.455. The Morgan fingerprint density at radius 2 is 2.14 bits per heavy atom. The molecule has 2 N–H and O–H groups in total. The predicted octanol–water partition coefficient (Wildman–Crippen LogP) is 3.43. The van der Waals surface area contributed by atoms with E-state index in [-0.39, 0.29) is 17.8 Å². The molecule has 0 spiro atoms. The van der Waals surface area contributed by atoms with Crippen LogP contribution in [-0.2, 0) is 0 Å². The average molecular weight is 260 g/mol. The van der Waals surface area contributed by atoms with Gasteiger partial charge in [0.1, 0.15) is 5.82 Å². The number of benzene rings is 1. The van der Waals surface area contributed by atoms with E-state index < -0.39 is 0 Å². The minimum absolute atomic E-state index is 0.122. The quantitative estimate of drug-likeness (QED) is 0.885. The molecule has 1 nitrogen and oxygen atoms in total. The van der Waals surface area contributed by atoms with Crippen LogP contribution in [-0.4, -0.2) is 6.04 Å². The summed E-state index contributed by atoms with van der Waals surface area (Å²) in [6.07, 6.45) is 0.922.